The summed E-state index contributed by atoms with van der Waals surface area (Å²) in [4.78, 5) is 0. The predicted octanol–water partition coefficient (Wildman–Crippen LogP) is 2.51. The van der Waals surface area contributed by atoms with E-state index in [2.05, 4.69) is 0 Å². The van der Waals surface area contributed by atoms with Crippen LogP contribution < -0.4 is 9.47 Å². The standard InChI is InChI=1S/C19H25NO5S/c1-14-6-5-7-15(10-14)13-26(22,23)20(2)12-17(21)16-8-9-18(24-3)19(11-16)25-4/h5-11,17,21H,12-13H2,1-4H3. The van der Waals surface area contributed by atoms with Gasteiger partial charge in [0.25, 0.3) is 0 Å². The van der Waals surface area contributed by atoms with Gasteiger partial charge in [0.2, 0.25) is 10.0 Å². The van der Waals surface area contributed by atoms with Crippen LogP contribution in [-0.2, 0) is 15.8 Å². The number of aliphatic hydroxyl groups is 1. The van der Waals surface area contributed by atoms with Crippen LogP contribution in [0.3, 0.4) is 0 Å². The lowest BCUT2D eigenvalue weighted by Crippen LogP contribution is -2.32. The number of nitrogens with zero attached hydrogens (tertiary/aromatic N) is 1. The number of likely N-dealkylation sites (N-methyl/N-ethyl adjacent to an activating group) is 1. The summed E-state index contributed by atoms with van der Waals surface area (Å²) in [5.74, 6) is 0.919. The Bertz CT molecular complexity index is 851. The van der Waals surface area contributed by atoms with Crippen LogP contribution >= 0.6 is 0 Å². The van der Waals surface area contributed by atoms with E-state index >= 15 is 0 Å². The van der Waals surface area contributed by atoms with Crippen molar-refractivity contribution in [1.29, 1.82) is 0 Å². The highest BCUT2D eigenvalue weighted by Crippen LogP contribution is 2.30. The average molecular weight is 379 g/mol. The first-order chi connectivity index (χ1) is 12.3. The number of sulfonamides is 1. The van der Waals surface area contributed by atoms with Crippen LogP contribution in [0.2, 0.25) is 0 Å². The minimum Gasteiger partial charge on any atom is -0.493 e. The molecule has 0 saturated heterocycles. The van der Waals surface area contributed by atoms with E-state index in [9.17, 15) is 13.5 Å². The lowest BCUT2D eigenvalue weighted by molar-refractivity contribution is 0.154. The van der Waals surface area contributed by atoms with Gasteiger partial charge in [-0.15, -0.1) is 0 Å². The number of hydrogen-bond donors (Lipinski definition) is 1. The fourth-order valence-electron chi connectivity index (χ4n) is 2.65. The van der Waals surface area contributed by atoms with Crippen LogP contribution in [0.15, 0.2) is 42.5 Å². The molecule has 0 fully saturated rings. The molecule has 2 aromatic carbocycles. The number of benzene rings is 2. The first kappa shape index (κ1) is 20.2. The SMILES string of the molecule is COc1ccc(C(O)CN(C)S(=O)(=O)Cc2cccc(C)c2)cc1OC. The summed E-state index contributed by atoms with van der Waals surface area (Å²) in [5, 5.41) is 10.4. The molecule has 0 amide bonds. The molecule has 6 nitrogen and oxygen atoms in total. The molecule has 0 heterocycles. The number of ether oxygens (including phenoxy) is 2. The van der Waals surface area contributed by atoms with E-state index in [0.29, 0.717) is 17.1 Å². The van der Waals surface area contributed by atoms with E-state index in [1.54, 1.807) is 24.3 Å². The monoisotopic (exact) mass is 379 g/mol. The van der Waals surface area contributed by atoms with Crippen molar-refractivity contribution in [3.05, 3.63) is 59.2 Å². The first-order valence-corrected chi connectivity index (χ1v) is 9.77. The first-order valence-electron chi connectivity index (χ1n) is 8.16. The summed E-state index contributed by atoms with van der Waals surface area (Å²) in [7, 11) is 0.957. The molecular weight excluding hydrogens is 354 g/mol. The van der Waals surface area contributed by atoms with Crippen molar-refractivity contribution < 1.29 is 23.0 Å². The van der Waals surface area contributed by atoms with Gasteiger partial charge in [-0.3, -0.25) is 0 Å². The fraction of sp³-hybridized carbons (Fsp3) is 0.368. The van der Waals surface area contributed by atoms with Crippen molar-refractivity contribution in [2.45, 2.75) is 18.8 Å². The molecule has 0 aromatic heterocycles. The maximum atomic E-state index is 12.6. The second-order valence-electron chi connectivity index (χ2n) is 6.16. The largest absolute Gasteiger partial charge is 0.493 e. The molecule has 0 spiro atoms. The van der Waals surface area contributed by atoms with Crippen LogP contribution in [0.4, 0.5) is 0 Å². The highest BCUT2D eigenvalue weighted by atomic mass is 32.2. The van der Waals surface area contributed by atoms with E-state index in [4.69, 9.17) is 9.47 Å². The molecule has 0 aliphatic rings. The van der Waals surface area contributed by atoms with Crippen LogP contribution in [0.5, 0.6) is 11.5 Å². The third-order valence-electron chi connectivity index (χ3n) is 4.13. The molecule has 0 saturated carbocycles. The lowest BCUT2D eigenvalue weighted by Gasteiger charge is -2.21. The van der Waals surface area contributed by atoms with Gasteiger partial charge in [-0.05, 0) is 30.2 Å². The van der Waals surface area contributed by atoms with Crippen molar-refractivity contribution in [3.8, 4) is 11.5 Å². The second kappa shape index (κ2) is 8.53. The average Bonchev–Trinajstić information content (AvgIpc) is 2.60. The van der Waals surface area contributed by atoms with E-state index < -0.39 is 16.1 Å². The van der Waals surface area contributed by atoms with Crippen LogP contribution in [-0.4, -0.2) is 45.6 Å². The highest BCUT2D eigenvalue weighted by molar-refractivity contribution is 7.88. The third kappa shape index (κ3) is 4.97. The van der Waals surface area contributed by atoms with Crippen LogP contribution in [0, 0.1) is 6.92 Å². The Morgan fingerprint density at radius 3 is 2.38 bits per heavy atom. The van der Waals surface area contributed by atoms with E-state index in [1.165, 1.54) is 25.6 Å². The molecule has 142 valence electrons. The van der Waals surface area contributed by atoms with E-state index in [0.717, 1.165) is 11.1 Å². The summed E-state index contributed by atoms with van der Waals surface area (Å²) in [5.41, 5.74) is 2.28. The maximum Gasteiger partial charge on any atom is 0.218 e. The summed E-state index contributed by atoms with van der Waals surface area (Å²) < 4.78 is 36.7. The number of aryl methyl sites for hydroxylation is 1. The van der Waals surface area contributed by atoms with Gasteiger partial charge in [0, 0.05) is 13.6 Å². The number of hydrogen-bond acceptors (Lipinski definition) is 5. The minimum atomic E-state index is -3.54. The minimum absolute atomic E-state index is 0.0520. The molecule has 0 bridgehead atoms. The molecule has 26 heavy (non-hydrogen) atoms. The van der Waals surface area contributed by atoms with Crippen molar-refractivity contribution >= 4 is 10.0 Å². The Morgan fingerprint density at radius 2 is 1.77 bits per heavy atom. The highest BCUT2D eigenvalue weighted by Gasteiger charge is 2.23. The van der Waals surface area contributed by atoms with Crippen molar-refractivity contribution in [2.75, 3.05) is 27.8 Å². The smallest absolute Gasteiger partial charge is 0.218 e. The molecule has 0 aliphatic heterocycles. The number of methoxy groups -OCH3 is 2. The van der Waals surface area contributed by atoms with Crippen molar-refractivity contribution in [3.63, 3.8) is 0 Å². The van der Waals surface area contributed by atoms with Gasteiger partial charge in [0.1, 0.15) is 0 Å². The molecule has 7 heteroatoms. The Kier molecular flexibility index (Phi) is 6.63. The Balaban J connectivity index is 2.11. The predicted molar refractivity (Wildman–Crippen MR) is 101 cm³/mol. The zero-order valence-corrected chi connectivity index (χ0v) is 16.3. The molecule has 0 aliphatic carbocycles. The second-order valence-corrected chi connectivity index (χ2v) is 8.23. The van der Waals surface area contributed by atoms with Crippen molar-refractivity contribution in [1.82, 2.24) is 4.31 Å². The van der Waals surface area contributed by atoms with Gasteiger partial charge < -0.3 is 14.6 Å². The lowest BCUT2D eigenvalue weighted by atomic mass is 10.1. The molecule has 2 aromatic rings. The molecule has 1 atom stereocenters. The summed E-state index contributed by atoms with van der Waals surface area (Å²) in [6, 6.07) is 12.4. The zero-order valence-electron chi connectivity index (χ0n) is 15.5. The molecule has 2 rings (SSSR count). The summed E-state index contributed by atoms with van der Waals surface area (Å²) in [6.45, 7) is 1.87. The molecular formula is C19H25NO5S. The van der Waals surface area contributed by atoms with Gasteiger partial charge in [0.15, 0.2) is 11.5 Å². The summed E-state index contributed by atoms with van der Waals surface area (Å²) in [6.07, 6.45) is -0.980. The van der Waals surface area contributed by atoms with E-state index in [-0.39, 0.29) is 12.3 Å². The van der Waals surface area contributed by atoms with Gasteiger partial charge in [-0.2, -0.15) is 0 Å². The Morgan fingerprint density at radius 1 is 1.08 bits per heavy atom. The Labute approximate surface area is 155 Å². The molecule has 1 N–H and O–H groups in total. The number of rotatable bonds is 8. The molecule has 0 radical (unpaired) electrons. The summed E-state index contributed by atoms with van der Waals surface area (Å²) >= 11 is 0. The normalized spacial score (nSPS) is 12.8. The van der Waals surface area contributed by atoms with E-state index in [1.807, 2.05) is 25.1 Å². The molecule has 1 unspecified atom stereocenters. The third-order valence-corrected chi connectivity index (χ3v) is 5.93. The van der Waals surface area contributed by atoms with Crippen LogP contribution in [0.25, 0.3) is 0 Å². The van der Waals surface area contributed by atoms with Gasteiger partial charge in [0.05, 0.1) is 26.1 Å². The zero-order chi connectivity index (χ0) is 19.3. The quantitative estimate of drug-likeness (QED) is 0.763. The number of aliphatic hydroxyl groups excluding tert-OH is 1. The fourth-order valence-corrected chi connectivity index (χ4v) is 3.83. The Hall–Kier alpha value is -2.09. The van der Waals surface area contributed by atoms with Gasteiger partial charge >= 0.3 is 0 Å². The van der Waals surface area contributed by atoms with Crippen LogP contribution in [0.1, 0.15) is 22.8 Å². The maximum absolute atomic E-state index is 12.6. The van der Waals surface area contributed by atoms with Crippen molar-refractivity contribution in [2.24, 2.45) is 0 Å². The topological polar surface area (TPSA) is 76.1 Å². The van der Waals surface area contributed by atoms with Gasteiger partial charge in [-0.25, -0.2) is 12.7 Å². The van der Waals surface area contributed by atoms with Gasteiger partial charge in [-0.1, -0.05) is 35.9 Å².